The number of amides is 1. The number of ether oxygens (including phenoxy) is 1. The van der Waals surface area contributed by atoms with Crippen molar-refractivity contribution < 1.29 is 9.53 Å². The van der Waals surface area contributed by atoms with Crippen LogP contribution >= 0.6 is 11.8 Å². The van der Waals surface area contributed by atoms with Crippen LogP contribution in [0.1, 0.15) is 34.6 Å². The number of carbonyl (C=O) groups is 1. The summed E-state index contributed by atoms with van der Waals surface area (Å²) in [5.74, 6) is 1.40. The molecule has 0 spiro atoms. The maximum absolute atomic E-state index is 12.9. The van der Waals surface area contributed by atoms with E-state index in [4.69, 9.17) is 4.74 Å². The standard InChI is InChI=1S/C25H25N3O3S/c1-4-13-32-25-27-24(30)22-20(14-21(29)26-23(22)28(25)3)17-9-11-19(12-10-17)31-15-18-8-6-5-7-16(18)2/h4-12,20H,1,13-15H2,2-3H3,(H,26,29)/t20-/m0/s1. The number of hydrogen-bond acceptors (Lipinski definition) is 5. The number of aryl methyl sites for hydroxylation is 1. The Morgan fingerprint density at radius 1 is 1.22 bits per heavy atom. The minimum Gasteiger partial charge on any atom is -0.489 e. The molecule has 1 aliphatic heterocycles. The van der Waals surface area contributed by atoms with Gasteiger partial charge < -0.3 is 14.6 Å². The number of rotatable bonds is 7. The van der Waals surface area contributed by atoms with Gasteiger partial charge in [-0.05, 0) is 35.7 Å². The Morgan fingerprint density at radius 2 is 1.97 bits per heavy atom. The van der Waals surface area contributed by atoms with Gasteiger partial charge >= 0.3 is 0 Å². The van der Waals surface area contributed by atoms with E-state index in [1.54, 1.807) is 10.6 Å². The van der Waals surface area contributed by atoms with Crippen molar-refractivity contribution >= 4 is 23.5 Å². The first-order valence-electron chi connectivity index (χ1n) is 10.4. The molecule has 6 nitrogen and oxygen atoms in total. The Morgan fingerprint density at radius 3 is 2.69 bits per heavy atom. The first-order chi connectivity index (χ1) is 15.5. The molecule has 0 fully saturated rings. The number of nitrogens with one attached hydrogen (secondary N) is 1. The second-order valence-electron chi connectivity index (χ2n) is 7.71. The van der Waals surface area contributed by atoms with Crippen molar-refractivity contribution in [3.63, 3.8) is 0 Å². The van der Waals surface area contributed by atoms with E-state index in [1.165, 1.54) is 17.3 Å². The van der Waals surface area contributed by atoms with Crippen molar-refractivity contribution in [3.8, 4) is 5.75 Å². The number of nitrogens with zero attached hydrogens (tertiary/aromatic N) is 2. The molecular formula is C25H25N3O3S. The minimum absolute atomic E-state index is 0.122. The number of anilines is 1. The van der Waals surface area contributed by atoms with E-state index in [1.807, 2.05) is 49.5 Å². The number of hydrogen-bond donors (Lipinski definition) is 1. The molecule has 32 heavy (non-hydrogen) atoms. The summed E-state index contributed by atoms with van der Waals surface area (Å²) in [7, 11) is 1.81. The predicted molar refractivity (Wildman–Crippen MR) is 127 cm³/mol. The highest BCUT2D eigenvalue weighted by molar-refractivity contribution is 7.99. The molecule has 1 amide bonds. The maximum Gasteiger partial charge on any atom is 0.279 e. The molecule has 1 aromatic heterocycles. The van der Waals surface area contributed by atoms with Gasteiger partial charge in [-0.2, -0.15) is 4.98 Å². The third kappa shape index (κ3) is 4.48. The molecule has 3 aromatic rings. The first-order valence-corrected chi connectivity index (χ1v) is 11.4. The summed E-state index contributed by atoms with van der Waals surface area (Å²) in [6.45, 7) is 6.25. The number of carbonyl (C=O) groups excluding carboxylic acids is 1. The second kappa shape index (κ2) is 9.44. The largest absolute Gasteiger partial charge is 0.489 e. The van der Waals surface area contributed by atoms with Gasteiger partial charge in [-0.15, -0.1) is 6.58 Å². The van der Waals surface area contributed by atoms with Crippen LogP contribution in [0.4, 0.5) is 5.82 Å². The lowest BCUT2D eigenvalue weighted by atomic mass is 9.87. The number of fused-ring (bicyclic) bond motifs is 1. The molecule has 1 N–H and O–H groups in total. The highest BCUT2D eigenvalue weighted by Gasteiger charge is 2.32. The van der Waals surface area contributed by atoms with Crippen LogP contribution in [0.15, 0.2) is 71.1 Å². The van der Waals surface area contributed by atoms with Crippen LogP contribution in [0.3, 0.4) is 0 Å². The van der Waals surface area contributed by atoms with E-state index in [9.17, 15) is 9.59 Å². The van der Waals surface area contributed by atoms with Crippen molar-refractivity contribution in [1.29, 1.82) is 0 Å². The molecule has 0 radical (unpaired) electrons. The molecule has 0 bridgehead atoms. The Kier molecular flexibility index (Phi) is 6.46. The van der Waals surface area contributed by atoms with E-state index in [0.29, 0.717) is 28.9 Å². The second-order valence-corrected chi connectivity index (χ2v) is 8.70. The van der Waals surface area contributed by atoms with Crippen LogP contribution < -0.4 is 15.6 Å². The summed E-state index contributed by atoms with van der Waals surface area (Å²) >= 11 is 1.40. The van der Waals surface area contributed by atoms with Crippen molar-refractivity contribution in [1.82, 2.24) is 9.55 Å². The number of aromatic nitrogens is 2. The lowest BCUT2D eigenvalue weighted by molar-refractivity contribution is -0.116. The Labute approximate surface area is 191 Å². The van der Waals surface area contributed by atoms with Crippen molar-refractivity contribution in [2.75, 3.05) is 11.1 Å². The third-order valence-electron chi connectivity index (χ3n) is 5.57. The Balaban J connectivity index is 1.60. The highest BCUT2D eigenvalue weighted by atomic mass is 32.2. The molecule has 0 saturated heterocycles. The third-order valence-corrected chi connectivity index (χ3v) is 6.59. The van der Waals surface area contributed by atoms with Crippen molar-refractivity contribution in [3.05, 3.63) is 93.8 Å². The summed E-state index contributed by atoms with van der Waals surface area (Å²) in [6, 6.07) is 15.7. The smallest absolute Gasteiger partial charge is 0.279 e. The normalized spacial score (nSPS) is 15.1. The fourth-order valence-corrected chi connectivity index (χ4v) is 4.51. The quantitative estimate of drug-likeness (QED) is 0.330. The van der Waals surface area contributed by atoms with Crippen molar-refractivity contribution in [2.24, 2.45) is 7.05 Å². The molecular weight excluding hydrogens is 422 g/mol. The Bertz CT molecular complexity index is 1220. The van der Waals surface area contributed by atoms with Gasteiger partial charge in [-0.25, -0.2) is 0 Å². The molecule has 2 aromatic carbocycles. The zero-order chi connectivity index (χ0) is 22.7. The summed E-state index contributed by atoms with van der Waals surface area (Å²) in [5.41, 5.74) is 3.41. The summed E-state index contributed by atoms with van der Waals surface area (Å²) in [6.07, 6.45) is 1.95. The molecule has 0 unspecified atom stereocenters. The Hall–Kier alpha value is -3.32. The molecule has 7 heteroatoms. The van der Waals surface area contributed by atoms with Crippen LogP contribution in [0.25, 0.3) is 0 Å². The SMILES string of the molecule is C=CCSc1nc(=O)c2c(n1C)NC(=O)C[C@H]2c1ccc(OCc2ccccc2C)cc1. The topological polar surface area (TPSA) is 73.2 Å². The van der Waals surface area contributed by atoms with E-state index in [-0.39, 0.29) is 23.8 Å². The van der Waals surface area contributed by atoms with Crippen molar-refractivity contribution in [2.45, 2.75) is 31.0 Å². The van der Waals surface area contributed by atoms with Crippen LogP contribution in [0, 0.1) is 6.92 Å². The van der Waals surface area contributed by atoms with Crippen LogP contribution in [0.5, 0.6) is 5.75 Å². The molecule has 1 atom stereocenters. The van der Waals surface area contributed by atoms with Crippen LogP contribution in [0.2, 0.25) is 0 Å². The van der Waals surface area contributed by atoms with Gasteiger partial charge in [0.25, 0.3) is 5.56 Å². The lowest BCUT2D eigenvalue weighted by Gasteiger charge is -2.27. The summed E-state index contributed by atoms with van der Waals surface area (Å²) in [5, 5.41) is 3.41. The van der Waals surface area contributed by atoms with Gasteiger partial charge in [0, 0.05) is 25.1 Å². The molecule has 4 rings (SSSR count). The molecule has 0 saturated carbocycles. The number of benzene rings is 2. The fraction of sp³-hybridized carbons (Fsp3) is 0.240. The fourth-order valence-electron chi connectivity index (χ4n) is 3.81. The molecule has 0 aliphatic carbocycles. The predicted octanol–water partition coefficient (Wildman–Crippen LogP) is 4.42. The average Bonchev–Trinajstić information content (AvgIpc) is 2.79. The van der Waals surface area contributed by atoms with E-state index < -0.39 is 0 Å². The molecule has 164 valence electrons. The maximum atomic E-state index is 12.9. The van der Waals surface area contributed by atoms with E-state index >= 15 is 0 Å². The minimum atomic E-state index is -0.353. The average molecular weight is 448 g/mol. The zero-order valence-corrected chi connectivity index (χ0v) is 18.9. The van der Waals surface area contributed by atoms with Gasteiger partial charge in [-0.3, -0.25) is 9.59 Å². The van der Waals surface area contributed by atoms with Gasteiger partial charge in [0.2, 0.25) is 5.91 Å². The highest BCUT2D eigenvalue weighted by Crippen LogP contribution is 2.36. The molecule has 2 heterocycles. The summed E-state index contributed by atoms with van der Waals surface area (Å²) < 4.78 is 7.71. The molecule has 1 aliphatic rings. The number of thioether (sulfide) groups is 1. The van der Waals surface area contributed by atoms with E-state index in [0.717, 1.165) is 16.9 Å². The lowest BCUT2D eigenvalue weighted by Crippen LogP contribution is -2.33. The summed E-state index contributed by atoms with van der Waals surface area (Å²) in [4.78, 5) is 29.6. The van der Waals surface area contributed by atoms with Gasteiger partial charge in [0.15, 0.2) is 5.16 Å². The van der Waals surface area contributed by atoms with E-state index in [2.05, 4.69) is 29.9 Å². The van der Waals surface area contributed by atoms with Crippen LogP contribution in [-0.2, 0) is 18.4 Å². The van der Waals surface area contributed by atoms with Gasteiger partial charge in [-0.1, -0.05) is 54.2 Å². The monoisotopic (exact) mass is 447 g/mol. The first kappa shape index (κ1) is 21.9. The van der Waals surface area contributed by atoms with Crippen LogP contribution in [-0.4, -0.2) is 21.2 Å². The zero-order valence-electron chi connectivity index (χ0n) is 18.1. The van der Waals surface area contributed by atoms with Gasteiger partial charge in [0.1, 0.15) is 18.2 Å². The van der Waals surface area contributed by atoms with Gasteiger partial charge in [0.05, 0.1) is 5.56 Å².